The summed E-state index contributed by atoms with van der Waals surface area (Å²) in [6.45, 7) is 10.9. The lowest BCUT2D eigenvalue weighted by Crippen LogP contribution is -2.29. The molecule has 2 aliphatic heterocycles. The van der Waals surface area contributed by atoms with Crippen molar-refractivity contribution in [3.05, 3.63) is 123 Å². The standard InChI is InChI=1S/C20H23NO.C16H15N/c1-10(2)13-5-6-18-15(8-13)17-9-14-12(4)20(22)11(3)7-16(14)19(17)21-18;1-16-13-8-4-2-6-11(13)10-14(16)12-7-3-5-9-15(12)17-16/h5-8,10,17,19,21-22H,9H2,1-4H3;2-9,14,17H,10H2,1H3/t17-,19-;14-,16-/m00/s1. The van der Waals surface area contributed by atoms with Crippen molar-refractivity contribution in [3.8, 4) is 5.75 Å². The average Bonchev–Trinajstić information content (AvgIpc) is 3.63. The van der Waals surface area contributed by atoms with Crippen molar-refractivity contribution >= 4 is 11.4 Å². The first-order chi connectivity index (χ1) is 18.8. The first-order valence-corrected chi connectivity index (χ1v) is 14.4. The minimum atomic E-state index is 0.0975. The maximum atomic E-state index is 10.2. The predicted molar refractivity (Wildman–Crippen MR) is 161 cm³/mol. The number of aromatic hydroxyl groups is 1. The van der Waals surface area contributed by atoms with Gasteiger partial charge in [-0.05, 0) is 102 Å². The van der Waals surface area contributed by atoms with Crippen LogP contribution in [0, 0.1) is 13.8 Å². The fourth-order valence-corrected chi connectivity index (χ4v) is 7.75. The fraction of sp³-hybridized carbons (Fsp3) is 0.333. The van der Waals surface area contributed by atoms with Crippen molar-refractivity contribution in [2.24, 2.45) is 0 Å². The summed E-state index contributed by atoms with van der Waals surface area (Å²) in [7, 11) is 0. The normalized spacial score (nSPS) is 24.4. The lowest BCUT2D eigenvalue weighted by Gasteiger charge is -2.26. The van der Waals surface area contributed by atoms with E-state index >= 15 is 0 Å². The Labute approximate surface area is 232 Å². The summed E-state index contributed by atoms with van der Waals surface area (Å²) in [5.41, 5.74) is 14.8. The number of rotatable bonds is 1. The molecule has 0 amide bonds. The maximum absolute atomic E-state index is 10.2. The molecule has 3 nitrogen and oxygen atoms in total. The summed E-state index contributed by atoms with van der Waals surface area (Å²) in [6.07, 6.45) is 2.19. The summed E-state index contributed by atoms with van der Waals surface area (Å²) in [5.74, 6) is 2.12. The first-order valence-electron chi connectivity index (χ1n) is 14.4. The number of phenolic OH excluding ortho intramolecular Hbond substituents is 1. The van der Waals surface area contributed by atoms with Crippen molar-refractivity contribution in [2.75, 3.05) is 10.6 Å². The van der Waals surface area contributed by atoms with Gasteiger partial charge in [0.1, 0.15) is 5.75 Å². The highest BCUT2D eigenvalue weighted by Crippen LogP contribution is 2.55. The number of anilines is 2. The molecule has 0 fully saturated rings. The smallest absolute Gasteiger partial charge is 0.121 e. The zero-order valence-electron chi connectivity index (χ0n) is 23.6. The van der Waals surface area contributed by atoms with Crippen LogP contribution in [0.1, 0.15) is 94.6 Å². The van der Waals surface area contributed by atoms with Crippen molar-refractivity contribution < 1.29 is 5.11 Å². The number of benzene rings is 4. The highest BCUT2D eigenvalue weighted by Gasteiger charge is 2.48. The Balaban J connectivity index is 0.000000134. The Hall–Kier alpha value is -3.72. The summed E-state index contributed by atoms with van der Waals surface area (Å²) in [6, 6.07) is 27.0. The molecule has 0 radical (unpaired) electrons. The molecule has 0 aromatic heterocycles. The van der Waals surface area contributed by atoms with Crippen molar-refractivity contribution in [1.82, 2.24) is 0 Å². The van der Waals surface area contributed by atoms with Crippen molar-refractivity contribution in [1.29, 1.82) is 0 Å². The summed E-state index contributed by atoms with van der Waals surface area (Å²) >= 11 is 0. The van der Waals surface area contributed by atoms with E-state index in [0.29, 0.717) is 29.5 Å². The van der Waals surface area contributed by atoms with Crippen LogP contribution in [0.3, 0.4) is 0 Å². The van der Waals surface area contributed by atoms with E-state index in [2.05, 4.69) is 104 Å². The number of aryl methyl sites for hydroxylation is 1. The minimum absolute atomic E-state index is 0.0975. The quantitative estimate of drug-likeness (QED) is 0.238. The van der Waals surface area contributed by atoms with Gasteiger partial charge in [0.05, 0.1) is 11.6 Å². The predicted octanol–water partition coefficient (Wildman–Crippen LogP) is 8.61. The second-order valence-corrected chi connectivity index (χ2v) is 12.5. The number of nitrogens with one attached hydrogen (secondary N) is 2. The Bertz CT molecular complexity index is 1620. The van der Waals surface area contributed by atoms with Crippen LogP contribution in [0.4, 0.5) is 11.4 Å². The van der Waals surface area contributed by atoms with E-state index < -0.39 is 0 Å². The molecule has 0 spiro atoms. The molecule has 0 unspecified atom stereocenters. The van der Waals surface area contributed by atoms with Crippen LogP contribution in [-0.2, 0) is 18.4 Å². The molecule has 0 saturated heterocycles. The van der Waals surface area contributed by atoms with Gasteiger partial charge in [0.2, 0.25) is 0 Å². The molecular formula is C36H38N2O. The van der Waals surface area contributed by atoms with Gasteiger partial charge >= 0.3 is 0 Å². The fourth-order valence-electron chi connectivity index (χ4n) is 7.75. The van der Waals surface area contributed by atoms with E-state index in [1.54, 1.807) is 0 Å². The Morgan fingerprint density at radius 1 is 0.846 bits per heavy atom. The van der Waals surface area contributed by atoms with Gasteiger partial charge in [0.15, 0.2) is 0 Å². The molecule has 2 heterocycles. The number of hydrogen-bond acceptors (Lipinski definition) is 3. The Morgan fingerprint density at radius 2 is 1.62 bits per heavy atom. The largest absolute Gasteiger partial charge is 0.507 e. The van der Waals surface area contributed by atoms with Gasteiger partial charge in [-0.25, -0.2) is 0 Å². The SMILES string of the molecule is C[C@@]12Nc3ccccc3[C@@H]1Cc1ccccc12.Cc1cc2c(c(C)c1O)C[C@H]1c3cc(C(C)C)ccc3N[C@@H]21. The van der Waals surface area contributed by atoms with Gasteiger partial charge < -0.3 is 15.7 Å². The average molecular weight is 515 g/mol. The molecule has 4 aliphatic rings. The van der Waals surface area contributed by atoms with Crippen LogP contribution >= 0.6 is 0 Å². The second-order valence-electron chi connectivity index (χ2n) is 12.5. The molecule has 0 bridgehead atoms. The van der Waals surface area contributed by atoms with E-state index in [0.717, 1.165) is 24.0 Å². The van der Waals surface area contributed by atoms with Gasteiger partial charge in [-0.15, -0.1) is 0 Å². The van der Waals surface area contributed by atoms with Crippen LogP contribution < -0.4 is 10.6 Å². The van der Waals surface area contributed by atoms with Crippen molar-refractivity contribution in [3.63, 3.8) is 0 Å². The molecule has 2 aliphatic carbocycles. The number of fused-ring (bicyclic) bond motifs is 10. The molecule has 198 valence electrons. The third-order valence-corrected chi connectivity index (χ3v) is 9.94. The summed E-state index contributed by atoms with van der Waals surface area (Å²) in [5, 5.41) is 17.7. The zero-order valence-corrected chi connectivity index (χ0v) is 23.6. The molecule has 3 N–H and O–H groups in total. The van der Waals surface area contributed by atoms with E-state index in [4.69, 9.17) is 0 Å². The highest BCUT2D eigenvalue weighted by molar-refractivity contribution is 5.68. The van der Waals surface area contributed by atoms with Gasteiger partial charge in [0.25, 0.3) is 0 Å². The summed E-state index contributed by atoms with van der Waals surface area (Å²) in [4.78, 5) is 0. The third-order valence-electron chi connectivity index (χ3n) is 9.94. The molecule has 4 atom stereocenters. The first kappa shape index (κ1) is 24.3. The molecule has 39 heavy (non-hydrogen) atoms. The molecule has 4 aromatic carbocycles. The monoisotopic (exact) mass is 514 g/mol. The van der Waals surface area contributed by atoms with Gasteiger partial charge in [-0.1, -0.05) is 74.5 Å². The maximum Gasteiger partial charge on any atom is 0.121 e. The molecule has 0 saturated carbocycles. The van der Waals surface area contributed by atoms with E-state index in [9.17, 15) is 5.11 Å². The minimum Gasteiger partial charge on any atom is -0.507 e. The van der Waals surface area contributed by atoms with Gasteiger partial charge in [-0.2, -0.15) is 0 Å². The lowest BCUT2D eigenvalue weighted by atomic mass is 9.85. The second kappa shape index (κ2) is 8.64. The van der Waals surface area contributed by atoms with Crippen molar-refractivity contribution in [2.45, 2.75) is 76.8 Å². The Morgan fingerprint density at radius 3 is 2.44 bits per heavy atom. The molecule has 3 heteroatoms. The van der Waals surface area contributed by atoms with Gasteiger partial charge in [-0.3, -0.25) is 0 Å². The third kappa shape index (κ3) is 3.55. The van der Waals surface area contributed by atoms with E-state index in [1.165, 1.54) is 50.3 Å². The topological polar surface area (TPSA) is 44.3 Å². The Kier molecular flexibility index (Phi) is 5.39. The van der Waals surface area contributed by atoms with Gasteiger partial charge in [0, 0.05) is 23.2 Å². The van der Waals surface area contributed by atoms with Crippen LogP contribution in [0.15, 0.2) is 72.8 Å². The van der Waals surface area contributed by atoms with Crippen LogP contribution in [0.5, 0.6) is 5.75 Å². The zero-order chi connectivity index (χ0) is 27.1. The van der Waals surface area contributed by atoms with E-state index in [-0.39, 0.29) is 5.54 Å². The van der Waals surface area contributed by atoms with E-state index in [1.807, 2.05) is 13.8 Å². The number of para-hydroxylation sites is 1. The molecule has 4 aromatic rings. The summed E-state index contributed by atoms with van der Waals surface area (Å²) < 4.78 is 0. The number of phenols is 1. The van der Waals surface area contributed by atoms with Crippen LogP contribution in [0.2, 0.25) is 0 Å². The van der Waals surface area contributed by atoms with Crippen LogP contribution in [-0.4, -0.2) is 5.11 Å². The highest BCUT2D eigenvalue weighted by atomic mass is 16.3. The molecule has 8 rings (SSSR count). The van der Waals surface area contributed by atoms with Crippen LogP contribution in [0.25, 0.3) is 0 Å². The lowest BCUT2D eigenvalue weighted by molar-refractivity contribution is 0.466. The number of hydrogen-bond donors (Lipinski definition) is 3. The molecular weight excluding hydrogens is 476 g/mol.